The average Bonchev–Trinajstić information content (AvgIpc) is 3.27. The van der Waals surface area contributed by atoms with Crippen LogP contribution in [0.4, 0.5) is 5.95 Å². The van der Waals surface area contributed by atoms with Crippen molar-refractivity contribution in [3.63, 3.8) is 0 Å². The van der Waals surface area contributed by atoms with Crippen LogP contribution in [-0.4, -0.2) is 32.2 Å². The number of carbonyl (C=O) groups excluding carboxylic acids is 1. The van der Waals surface area contributed by atoms with Crippen LogP contribution in [0.5, 0.6) is 0 Å². The molecule has 1 aromatic carbocycles. The zero-order valence-electron chi connectivity index (χ0n) is 13.8. The minimum atomic E-state index is -0.0856. The standard InChI is InChI=1S/C16H21N7OS/c17-23-15(20-19-13-8-4-5-9-13)21-22-16(23)25-11-14(24)18-10-12-6-2-1-3-7-12/h1-3,6-7H,4-5,8-11,17H2,(H,18,24)(H,20,21). The van der Waals surface area contributed by atoms with E-state index in [9.17, 15) is 4.79 Å². The number of hydrogen-bond donors (Lipinski definition) is 3. The summed E-state index contributed by atoms with van der Waals surface area (Å²) in [7, 11) is 0. The second-order valence-electron chi connectivity index (χ2n) is 5.72. The Morgan fingerprint density at radius 1 is 1.24 bits per heavy atom. The molecule has 0 spiro atoms. The van der Waals surface area contributed by atoms with E-state index in [1.807, 2.05) is 30.3 Å². The van der Waals surface area contributed by atoms with Crippen molar-refractivity contribution in [2.75, 3.05) is 17.0 Å². The summed E-state index contributed by atoms with van der Waals surface area (Å²) in [6, 6.07) is 9.76. The summed E-state index contributed by atoms with van der Waals surface area (Å²) in [6.45, 7) is 0.500. The number of carbonyl (C=O) groups is 1. The Morgan fingerprint density at radius 3 is 2.76 bits per heavy atom. The Hall–Kier alpha value is -2.55. The predicted octanol–water partition coefficient (Wildman–Crippen LogP) is 1.74. The first-order valence-corrected chi connectivity index (χ1v) is 9.16. The van der Waals surface area contributed by atoms with Gasteiger partial charge in [0.1, 0.15) is 0 Å². The number of nitrogens with two attached hydrogens (primary N) is 1. The Balaban J connectivity index is 1.46. The van der Waals surface area contributed by atoms with Crippen LogP contribution in [0, 0.1) is 0 Å². The van der Waals surface area contributed by atoms with E-state index in [0.717, 1.165) is 24.1 Å². The molecule has 0 bridgehead atoms. The van der Waals surface area contributed by atoms with Gasteiger partial charge in [0.25, 0.3) is 5.95 Å². The number of thioether (sulfide) groups is 1. The van der Waals surface area contributed by atoms with Gasteiger partial charge < -0.3 is 11.2 Å². The maximum Gasteiger partial charge on any atom is 0.264 e. The third-order valence-corrected chi connectivity index (χ3v) is 4.77. The van der Waals surface area contributed by atoms with E-state index in [4.69, 9.17) is 5.84 Å². The minimum Gasteiger partial charge on any atom is -0.351 e. The topological polar surface area (TPSA) is 110 Å². The highest BCUT2D eigenvalue weighted by Crippen LogP contribution is 2.18. The van der Waals surface area contributed by atoms with Crippen LogP contribution in [0.2, 0.25) is 0 Å². The molecule has 1 heterocycles. The number of hydrogen-bond acceptors (Lipinski definition) is 7. The molecular formula is C16H21N7OS. The highest BCUT2D eigenvalue weighted by atomic mass is 32.2. The van der Waals surface area contributed by atoms with Crippen LogP contribution in [-0.2, 0) is 11.3 Å². The fourth-order valence-corrected chi connectivity index (χ4v) is 3.14. The van der Waals surface area contributed by atoms with Crippen molar-refractivity contribution in [1.82, 2.24) is 20.2 Å². The lowest BCUT2D eigenvalue weighted by Gasteiger charge is -2.05. The lowest BCUT2D eigenvalue weighted by molar-refractivity contribution is -0.118. The van der Waals surface area contributed by atoms with Gasteiger partial charge in [-0.15, -0.1) is 10.2 Å². The first-order chi connectivity index (χ1) is 12.2. The number of benzene rings is 1. The number of rotatable bonds is 7. The number of nitrogens with zero attached hydrogens (tertiary/aromatic N) is 4. The van der Waals surface area contributed by atoms with Gasteiger partial charge in [0.15, 0.2) is 0 Å². The fourth-order valence-electron chi connectivity index (χ4n) is 2.45. The van der Waals surface area contributed by atoms with Gasteiger partial charge in [-0.05, 0) is 31.2 Å². The Bertz CT molecular complexity index is 736. The molecule has 1 saturated carbocycles. The van der Waals surface area contributed by atoms with Gasteiger partial charge in [-0.1, -0.05) is 42.1 Å². The largest absolute Gasteiger partial charge is 0.351 e. The van der Waals surface area contributed by atoms with Gasteiger partial charge in [-0.25, -0.2) is 10.1 Å². The predicted molar refractivity (Wildman–Crippen MR) is 98.7 cm³/mol. The summed E-state index contributed by atoms with van der Waals surface area (Å²) in [6.07, 6.45) is 4.37. The molecule has 0 radical (unpaired) electrons. The van der Waals surface area contributed by atoms with E-state index in [0.29, 0.717) is 17.6 Å². The SMILES string of the molecule is Nn1c(NN=C2CCCC2)nnc1SCC(=O)NCc1ccccc1. The molecule has 1 aliphatic rings. The molecule has 4 N–H and O–H groups in total. The van der Waals surface area contributed by atoms with Gasteiger partial charge in [-0.2, -0.15) is 5.10 Å². The number of nitrogens with one attached hydrogen (secondary N) is 2. The first-order valence-electron chi connectivity index (χ1n) is 8.18. The molecule has 0 saturated heterocycles. The maximum atomic E-state index is 11.9. The van der Waals surface area contributed by atoms with Crippen LogP contribution < -0.4 is 16.6 Å². The molecular weight excluding hydrogens is 338 g/mol. The molecule has 1 fully saturated rings. The third kappa shape index (κ3) is 4.96. The van der Waals surface area contributed by atoms with Crippen LogP contribution in [0.25, 0.3) is 0 Å². The van der Waals surface area contributed by atoms with Crippen LogP contribution in [0.1, 0.15) is 31.2 Å². The van der Waals surface area contributed by atoms with Gasteiger partial charge in [-0.3, -0.25) is 4.79 Å². The zero-order valence-corrected chi connectivity index (χ0v) is 14.6. The van der Waals surface area contributed by atoms with Gasteiger partial charge in [0, 0.05) is 12.3 Å². The van der Waals surface area contributed by atoms with Crippen molar-refractivity contribution in [1.29, 1.82) is 0 Å². The highest BCUT2D eigenvalue weighted by Gasteiger charge is 2.13. The van der Waals surface area contributed by atoms with Crippen molar-refractivity contribution in [2.24, 2.45) is 5.10 Å². The van der Waals surface area contributed by atoms with Crippen LogP contribution in [0.3, 0.4) is 0 Å². The van der Waals surface area contributed by atoms with Crippen LogP contribution in [0.15, 0.2) is 40.6 Å². The minimum absolute atomic E-state index is 0.0856. The Morgan fingerprint density at radius 2 is 2.00 bits per heavy atom. The quantitative estimate of drug-likeness (QED) is 0.395. The normalized spacial score (nSPS) is 13.7. The van der Waals surface area contributed by atoms with Crippen molar-refractivity contribution < 1.29 is 4.79 Å². The van der Waals surface area contributed by atoms with E-state index in [2.05, 4.69) is 26.0 Å². The highest BCUT2D eigenvalue weighted by molar-refractivity contribution is 7.99. The maximum absolute atomic E-state index is 11.9. The molecule has 0 aliphatic heterocycles. The van der Waals surface area contributed by atoms with E-state index in [-0.39, 0.29) is 11.7 Å². The molecule has 1 aliphatic carbocycles. The monoisotopic (exact) mass is 359 g/mol. The summed E-state index contributed by atoms with van der Waals surface area (Å²) in [4.78, 5) is 11.9. The van der Waals surface area contributed by atoms with Crippen molar-refractivity contribution in [3.8, 4) is 0 Å². The fraction of sp³-hybridized carbons (Fsp3) is 0.375. The molecule has 9 heteroatoms. The lowest BCUT2D eigenvalue weighted by Crippen LogP contribution is -2.25. The average molecular weight is 359 g/mol. The Labute approximate surface area is 150 Å². The molecule has 1 amide bonds. The second kappa shape index (κ2) is 8.52. The first kappa shape index (κ1) is 17.3. The van der Waals surface area contributed by atoms with Crippen molar-refractivity contribution in [2.45, 2.75) is 37.4 Å². The molecule has 25 heavy (non-hydrogen) atoms. The van der Waals surface area contributed by atoms with E-state index < -0.39 is 0 Å². The van der Waals surface area contributed by atoms with Gasteiger partial charge in [0.05, 0.1) is 5.75 Å². The van der Waals surface area contributed by atoms with Gasteiger partial charge in [0.2, 0.25) is 11.1 Å². The summed E-state index contributed by atoms with van der Waals surface area (Å²) < 4.78 is 1.31. The molecule has 8 nitrogen and oxygen atoms in total. The second-order valence-corrected chi connectivity index (χ2v) is 6.67. The molecule has 3 rings (SSSR count). The van der Waals surface area contributed by atoms with Crippen molar-refractivity contribution >= 4 is 29.3 Å². The number of hydrazone groups is 1. The number of amides is 1. The smallest absolute Gasteiger partial charge is 0.264 e. The van der Waals surface area contributed by atoms with Crippen molar-refractivity contribution in [3.05, 3.63) is 35.9 Å². The number of aromatic nitrogens is 3. The van der Waals surface area contributed by atoms with E-state index in [1.54, 1.807) is 0 Å². The molecule has 2 aromatic rings. The zero-order chi connectivity index (χ0) is 17.5. The molecule has 1 aromatic heterocycles. The summed E-state index contributed by atoms with van der Waals surface area (Å²) in [5, 5.41) is 15.6. The van der Waals surface area contributed by atoms with Gasteiger partial charge >= 0.3 is 0 Å². The molecule has 0 unspecified atom stereocenters. The molecule has 132 valence electrons. The van der Waals surface area contributed by atoms with Crippen LogP contribution >= 0.6 is 11.8 Å². The van der Waals surface area contributed by atoms with E-state index >= 15 is 0 Å². The Kier molecular flexibility index (Phi) is 5.89. The lowest BCUT2D eigenvalue weighted by atomic mass is 10.2. The molecule has 0 atom stereocenters. The number of nitrogen functional groups attached to an aromatic ring is 1. The van der Waals surface area contributed by atoms with E-state index in [1.165, 1.54) is 29.3 Å². The summed E-state index contributed by atoms with van der Waals surface area (Å²) in [5.74, 6) is 6.45. The number of anilines is 1. The third-order valence-electron chi connectivity index (χ3n) is 3.82. The summed E-state index contributed by atoms with van der Waals surface area (Å²) in [5.41, 5.74) is 5.03. The summed E-state index contributed by atoms with van der Waals surface area (Å²) >= 11 is 1.23.